The quantitative estimate of drug-likeness (QED) is 0.515. The second-order valence-electron chi connectivity index (χ2n) is 5.79. The maximum Gasteiger partial charge on any atom is 0.226 e. The summed E-state index contributed by atoms with van der Waals surface area (Å²) in [5, 5.41) is 3.93. The zero-order chi connectivity index (χ0) is 16.8. The van der Waals surface area contributed by atoms with Gasteiger partial charge in [0.15, 0.2) is 0 Å². The second-order valence-corrected chi connectivity index (χ2v) is 5.79. The molecule has 0 saturated carbocycles. The van der Waals surface area contributed by atoms with Gasteiger partial charge in [0.05, 0.1) is 24.0 Å². The van der Waals surface area contributed by atoms with Crippen LogP contribution in [0.3, 0.4) is 0 Å². The third-order valence-corrected chi connectivity index (χ3v) is 3.84. The van der Waals surface area contributed by atoms with Gasteiger partial charge in [-0.3, -0.25) is 9.78 Å². The van der Waals surface area contributed by atoms with Gasteiger partial charge in [0, 0.05) is 36.6 Å². The fraction of sp³-hybridized carbons (Fsp3) is 0.278. The maximum atomic E-state index is 12.0. The number of anilines is 1. The average molecular weight is 323 g/mol. The molecule has 1 amide bonds. The molecule has 0 aliphatic heterocycles. The Morgan fingerprint density at radius 2 is 2.12 bits per heavy atom. The largest absolute Gasteiger partial charge is 0.399 e. The summed E-state index contributed by atoms with van der Waals surface area (Å²) in [5.41, 5.74) is 8.09. The Hall–Kier alpha value is -2.89. The summed E-state index contributed by atoms with van der Waals surface area (Å²) in [7, 11) is 0. The van der Waals surface area contributed by atoms with Gasteiger partial charge in [0.2, 0.25) is 5.91 Å². The van der Waals surface area contributed by atoms with Gasteiger partial charge in [-0.1, -0.05) is 6.07 Å². The Morgan fingerprint density at radius 1 is 1.21 bits per heavy atom. The Bertz CT molecular complexity index is 813. The summed E-state index contributed by atoms with van der Waals surface area (Å²) in [4.78, 5) is 20.5. The molecule has 3 rings (SSSR count). The number of carbonyl (C=O) groups is 1. The van der Waals surface area contributed by atoms with Crippen LogP contribution in [0.15, 0.2) is 49.1 Å². The highest BCUT2D eigenvalue weighted by Gasteiger charge is 2.05. The number of nitrogens with two attached hydrogens (primary N) is 1. The van der Waals surface area contributed by atoms with Crippen LogP contribution in [0.1, 0.15) is 18.5 Å². The Labute approximate surface area is 140 Å². The first-order chi connectivity index (χ1) is 11.7. The van der Waals surface area contributed by atoms with Crippen molar-refractivity contribution in [3.05, 3.63) is 54.7 Å². The highest BCUT2D eigenvalue weighted by molar-refractivity contribution is 5.83. The van der Waals surface area contributed by atoms with Crippen LogP contribution >= 0.6 is 0 Å². The summed E-state index contributed by atoms with van der Waals surface area (Å²) in [6.07, 6.45) is 7.75. The van der Waals surface area contributed by atoms with Gasteiger partial charge in [-0.15, -0.1) is 0 Å². The zero-order valence-electron chi connectivity index (χ0n) is 13.5. The van der Waals surface area contributed by atoms with Crippen molar-refractivity contribution in [2.24, 2.45) is 0 Å². The van der Waals surface area contributed by atoms with Gasteiger partial charge < -0.3 is 15.6 Å². The minimum absolute atomic E-state index is 0.0000687. The lowest BCUT2D eigenvalue weighted by molar-refractivity contribution is -0.120. The van der Waals surface area contributed by atoms with Crippen molar-refractivity contribution in [2.75, 3.05) is 12.3 Å². The van der Waals surface area contributed by atoms with Crippen LogP contribution < -0.4 is 11.1 Å². The van der Waals surface area contributed by atoms with E-state index >= 15 is 0 Å². The number of unbranched alkanes of at least 4 members (excludes halogenated alkanes) is 1. The predicted octanol–water partition coefficient (Wildman–Crippen LogP) is 2.15. The molecule has 0 bridgehead atoms. The molecule has 6 heteroatoms. The normalized spacial score (nSPS) is 10.8. The summed E-state index contributed by atoms with van der Waals surface area (Å²) < 4.78 is 2.04. The minimum atomic E-state index is -0.0000687. The fourth-order valence-corrected chi connectivity index (χ4v) is 2.58. The number of rotatable bonds is 7. The van der Waals surface area contributed by atoms with E-state index in [-0.39, 0.29) is 5.91 Å². The molecule has 0 aliphatic rings. The van der Waals surface area contributed by atoms with Gasteiger partial charge in [0.1, 0.15) is 0 Å². The number of imidazole rings is 1. The van der Waals surface area contributed by atoms with Crippen molar-refractivity contribution in [1.29, 1.82) is 0 Å². The van der Waals surface area contributed by atoms with E-state index in [1.807, 2.05) is 41.1 Å². The van der Waals surface area contributed by atoms with Crippen molar-refractivity contribution in [3.63, 3.8) is 0 Å². The van der Waals surface area contributed by atoms with E-state index in [9.17, 15) is 4.79 Å². The Balaban J connectivity index is 1.43. The monoisotopic (exact) mass is 323 g/mol. The van der Waals surface area contributed by atoms with Crippen molar-refractivity contribution >= 4 is 22.5 Å². The molecule has 2 aromatic heterocycles. The molecule has 6 nitrogen and oxygen atoms in total. The van der Waals surface area contributed by atoms with Crippen LogP contribution in [0, 0.1) is 0 Å². The third-order valence-electron chi connectivity index (χ3n) is 3.84. The second kappa shape index (κ2) is 7.59. The van der Waals surface area contributed by atoms with Crippen molar-refractivity contribution in [2.45, 2.75) is 25.8 Å². The van der Waals surface area contributed by atoms with Gasteiger partial charge >= 0.3 is 0 Å². The number of carbonyl (C=O) groups excluding carboxylic acids is 1. The van der Waals surface area contributed by atoms with Crippen LogP contribution in [-0.4, -0.2) is 27.0 Å². The summed E-state index contributed by atoms with van der Waals surface area (Å²) in [6, 6.07) is 9.40. The van der Waals surface area contributed by atoms with Crippen molar-refractivity contribution in [1.82, 2.24) is 19.9 Å². The van der Waals surface area contributed by atoms with Crippen LogP contribution in [0.25, 0.3) is 10.9 Å². The third kappa shape index (κ3) is 4.32. The molecule has 3 N–H and O–H groups in total. The summed E-state index contributed by atoms with van der Waals surface area (Å²) in [5.74, 6) is -0.0000687. The number of fused-ring (bicyclic) bond motifs is 1. The van der Waals surface area contributed by atoms with Crippen LogP contribution in [0.4, 0.5) is 5.69 Å². The Morgan fingerprint density at radius 3 is 2.96 bits per heavy atom. The van der Waals surface area contributed by atoms with E-state index < -0.39 is 0 Å². The van der Waals surface area contributed by atoms with E-state index in [2.05, 4.69) is 15.3 Å². The summed E-state index contributed by atoms with van der Waals surface area (Å²) in [6.45, 7) is 1.60. The van der Waals surface area contributed by atoms with Gasteiger partial charge in [-0.2, -0.15) is 0 Å². The van der Waals surface area contributed by atoms with E-state index in [1.165, 1.54) is 0 Å². The van der Waals surface area contributed by atoms with Crippen LogP contribution in [0.5, 0.6) is 0 Å². The number of aryl methyl sites for hydroxylation is 1. The molecule has 0 fully saturated rings. The van der Waals surface area contributed by atoms with Gasteiger partial charge in [0.25, 0.3) is 0 Å². The molecule has 2 heterocycles. The predicted molar refractivity (Wildman–Crippen MR) is 94.3 cm³/mol. The molecule has 0 saturated heterocycles. The van der Waals surface area contributed by atoms with Crippen LogP contribution in [-0.2, 0) is 17.8 Å². The number of aromatic nitrogens is 3. The van der Waals surface area contributed by atoms with Crippen molar-refractivity contribution < 1.29 is 4.79 Å². The lowest BCUT2D eigenvalue weighted by atomic mass is 10.1. The standard InChI is InChI=1S/C18H21N5O/c19-15-4-6-17-14(11-15)3-5-16(22-17)12-18(24)21-7-1-2-9-23-10-8-20-13-23/h3-6,8,10-11,13H,1-2,7,9,12,19H2,(H,21,24). The first-order valence-electron chi connectivity index (χ1n) is 8.08. The lowest BCUT2D eigenvalue weighted by Gasteiger charge is -2.06. The number of pyridine rings is 1. The molecule has 0 unspecified atom stereocenters. The minimum Gasteiger partial charge on any atom is -0.399 e. The van der Waals surface area contributed by atoms with Crippen LogP contribution in [0.2, 0.25) is 0 Å². The molecule has 1 aromatic carbocycles. The molecular weight excluding hydrogens is 302 g/mol. The number of nitrogens with one attached hydrogen (secondary N) is 1. The molecule has 0 aliphatic carbocycles. The first kappa shape index (κ1) is 16.0. The van der Waals surface area contributed by atoms with E-state index in [0.717, 1.165) is 36.0 Å². The number of benzene rings is 1. The lowest BCUT2D eigenvalue weighted by Crippen LogP contribution is -2.26. The molecule has 24 heavy (non-hydrogen) atoms. The topological polar surface area (TPSA) is 85.8 Å². The fourth-order valence-electron chi connectivity index (χ4n) is 2.58. The molecule has 0 radical (unpaired) electrons. The molecular formula is C18H21N5O. The number of nitrogens with zero attached hydrogens (tertiary/aromatic N) is 3. The Kier molecular flexibility index (Phi) is 5.05. The van der Waals surface area contributed by atoms with Gasteiger partial charge in [-0.05, 0) is 37.1 Å². The highest BCUT2D eigenvalue weighted by Crippen LogP contribution is 2.16. The molecule has 3 aromatic rings. The van der Waals surface area contributed by atoms with E-state index in [1.54, 1.807) is 12.5 Å². The molecule has 124 valence electrons. The number of hydrogen-bond acceptors (Lipinski definition) is 4. The van der Waals surface area contributed by atoms with Gasteiger partial charge in [-0.25, -0.2) is 4.98 Å². The number of nitrogen functional groups attached to an aromatic ring is 1. The first-order valence-corrected chi connectivity index (χ1v) is 8.08. The number of amides is 1. The van der Waals surface area contributed by atoms with Crippen molar-refractivity contribution in [3.8, 4) is 0 Å². The molecule has 0 atom stereocenters. The smallest absolute Gasteiger partial charge is 0.226 e. The van der Waals surface area contributed by atoms with E-state index in [0.29, 0.717) is 18.7 Å². The zero-order valence-corrected chi connectivity index (χ0v) is 13.5. The average Bonchev–Trinajstić information content (AvgIpc) is 3.08. The molecule has 0 spiro atoms. The highest BCUT2D eigenvalue weighted by atomic mass is 16.1. The van der Waals surface area contributed by atoms with E-state index in [4.69, 9.17) is 5.73 Å². The SMILES string of the molecule is Nc1ccc2nc(CC(=O)NCCCCn3ccnc3)ccc2c1. The maximum absolute atomic E-state index is 12.0. The number of hydrogen-bond donors (Lipinski definition) is 2. The summed E-state index contributed by atoms with van der Waals surface area (Å²) >= 11 is 0.